The molecule has 3 aromatic carbocycles. The predicted molar refractivity (Wildman–Crippen MR) is 109 cm³/mol. The van der Waals surface area contributed by atoms with Crippen LogP contribution in [0.1, 0.15) is 13.8 Å². The Bertz CT molecular complexity index is 894. The molecule has 0 aliphatic rings. The summed E-state index contributed by atoms with van der Waals surface area (Å²) in [6, 6.07) is 23.9. The second-order valence-electron chi connectivity index (χ2n) is 6.07. The fraction of sp³-hybridized carbons (Fsp3) is 0.174. The fourth-order valence-electron chi connectivity index (χ4n) is 2.55. The largest absolute Gasteiger partial charge is 0.494 e. The standard InChI is InChI=1S/C23H23NO4/c1-3-26-18-13-15-20(16-14-18)28-22-12-8-7-11-21(22)24-23(25)17(2)27-19-9-5-4-6-10-19/h4-17H,3H2,1-2H3,(H,24,25). The number of benzene rings is 3. The van der Waals surface area contributed by atoms with E-state index in [4.69, 9.17) is 14.2 Å². The Morgan fingerprint density at radius 1 is 0.857 bits per heavy atom. The Morgan fingerprint density at radius 2 is 1.50 bits per heavy atom. The molecule has 0 aliphatic heterocycles. The van der Waals surface area contributed by atoms with E-state index in [9.17, 15) is 4.79 Å². The predicted octanol–water partition coefficient (Wildman–Crippen LogP) is 5.28. The molecule has 0 heterocycles. The molecule has 0 aliphatic carbocycles. The fourth-order valence-corrected chi connectivity index (χ4v) is 2.55. The Morgan fingerprint density at radius 3 is 2.21 bits per heavy atom. The SMILES string of the molecule is CCOc1ccc(Oc2ccccc2NC(=O)C(C)Oc2ccccc2)cc1. The van der Waals surface area contributed by atoms with Crippen molar-refractivity contribution in [1.82, 2.24) is 0 Å². The molecular weight excluding hydrogens is 354 g/mol. The zero-order chi connectivity index (χ0) is 19.8. The summed E-state index contributed by atoms with van der Waals surface area (Å²) < 4.78 is 17.0. The number of anilines is 1. The van der Waals surface area contributed by atoms with Crippen LogP contribution in [0.25, 0.3) is 0 Å². The highest BCUT2D eigenvalue weighted by atomic mass is 16.5. The van der Waals surface area contributed by atoms with Crippen LogP contribution in [0, 0.1) is 0 Å². The molecule has 0 spiro atoms. The molecule has 1 atom stereocenters. The number of hydrogen-bond donors (Lipinski definition) is 1. The van der Waals surface area contributed by atoms with Gasteiger partial charge in [0, 0.05) is 0 Å². The van der Waals surface area contributed by atoms with Gasteiger partial charge >= 0.3 is 0 Å². The van der Waals surface area contributed by atoms with E-state index in [1.165, 1.54) is 0 Å². The lowest BCUT2D eigenvalue weighted by Crippen LogP contribution is -2.30. The van der Waals surface area contributed by atoms with Gasteiger partial charge in [-0.3, -0.25) is 4.79 Å². The van der Waals surface area contributed by atoms with Gasteiger partial charge in [-0.1, -0.05) is 30.3 Å². The average molecular weight is 377 g/mol. The maximum absolute atomic E-state index is 12.5. The lowest BCUT2D eigenvalue weighted by molar-refractivity contribution is -0.122. The van der Waals surface area contributed by atoms with Gasteiger partial charge in [0.1, 0.15) is 17.2 Å². The summed E-state index contributed by atoms with van der Waals surface area (Å²) in [5.74, 6) is 2.37. The van der Waals surface area contributed by atoms with E-state index in [0.29, 0.717) is 29.5 Å². The number of amides is 1. The summed E-state index contributed by atoms with van der Waals surface area (Å²) in [5, 5.41) is 2.87. The molecule has 3 aromatic rings. The smallest absolute Gasteiger partial charge is 0.265 e. The van der Waals surface area contributed by atoms with Gasteiger partial charge < -0.3 is 19.5 Å². The van der Waals surface area contributed by atoms with Crippen LogP contribution in [-0.4, -0.2) is 18.6 Å². The van der Waals surface area contributed by atoms with Crippen LogP contribution in [0.15, 0.2) is 78.9 Å². The van der Waals surface area contributed by atoms with E-state index in [0.717, 1.165) is 5.75 Å². The van der Waals surface area contributed by atoms with Gasteiger partial charge in [0.15, 0.2) is 11.9 Å². The van der Waals surface area contributed by atoms with Crippen LogP contribution in [-0.2, 0) is 4.79 Å². The highest BCUT2D eigenvalue weighted by Gasteiger charge is 2.17. The third kappa shape index (κ3) is 5.27. The molecule has 5 nitrogen and oxygen atoms in total. The van der Waals surface area contributed by atoms with Crippen molar-refractivity contribution in [2.24, 2.45) is 0 Å². The van der Waals surface area contributed by atoms with E-state index in [-0.39, 0.29) is 5.91 Å². The normalized spacial score (nSPS) is 11.4. The van der Waals surface area contributed by atoms with Crippen LogP contribution < -0.4 is 19.5 Å². The second-order valence-corrected chi connectivity index (χ2v) is 6.07. The van der Waals surface area contributed by atoms with Gasteiger partial charge in [0.2, 0.25) is 0 Å². The molecule has 1 N–H and O–H groups in total. The Balaban J connectivity index is 1.66. The monoisotopic (exact) mass is 377 g/mol. The van der Waals surface area contributed by atoms with E-state index in [1.54, 1.807) is 19.1 Å². The molecule has 0 saturated carbocycles. The highest BCUT2D eigenvalue weighted by molar-refractivity contribution is 5.95. The Hall–Kier alpha value is -3.47. The zero-order valence-corrected chi connectivity index (χ0v) is 15.9. The van der Waals surface area contributed by atoms with Gasteiger partial charge in [-0.15, -0.1) is 0 Å². The minimum Gasteiger partial charge on any atom is -0.494 e. The van der Waals surface area contributed by atoms with Crippen LogP contribution in [0.5, 0.6) is 23.0 Å². The summed E-state index contributed by atoms with van der Waals surface area (Å²) in [7, 11) is 0. The van der Waals surface area contributed by atoms with Crippen molar-refractivity contribution in [3.8, 4) is 23.0 Å². The van der Waals surface area contributed by atoms with Crippen molar-refractivity contribution in [2.45, 2.75) is 20.0 Å². The molecule has 1 amide bonds. The van der Waals surface area contributed by atoms with Crippen molar-refractivity contribution >= 4 is 11.6 Å². The third-order valence-corrected chi connectivity index (χ3v) is 3.93. The number of nitrogens with one attached hydrogen (secondary N) is 1. The summed E-state index contributed by atoms with van der Waals surface area (Å²) in [4.78, 5) is 12.5. The molecule has 1 unspecified atom stereocenters. The van der Waals surface area contributed by atoms with Crippen LogP contribution in [0.2, 0.25) is 0 Å². The number of carbonyl (C=O) groups is 1. The summed E-state index contributed by atoms with van der Waals surface area (Å²) in [6.45, 7) is 4.25. The number of para-hydroxylation sites is 3. The van der Waals surface area contributed by atoms with Gasteiger partial charge in [-0.05, 0) is 62.4 Å². The van der Waals surface area contributed by atoms with E-state index < -0.39 is 6.10 Å². The van der Waals surface area contributed by atoms with Crippen molar-refractivity contribution in [2.75, 3.05) is 11.9 Å². The lowest BCUT2D eigenvalue weighted by Gasteiger charge is -2.16. The molecule has 0 bridgehead atoms. The first-order valence-corrected chi connectivity index (χ1v) is 9.18. The van der Waals surface area contributed by atoms with Crippen LogP contribution >= 0.6 is 0 Å². The number of ether oxygens (including phenoxy) is 3. The van der Waals surface area contributed by atoms with Gasteiger partial charge in [0.25, 0.3) is 5.91 Å². The van der Waals surface area contributed by atoms with Crippen LogP contribution in [0.3, 0.4) is 0 Å². The van der Waals surface area contributed by atoms with Crippen molar-refractivity contribution in [1.29, 1.82) is 0 Å². The minimum atomic E-state index is -0.652. The Labute approximate surface area is 164 Å². The molecule has 144 valence electrons. The molecule has 0 radical (unpaired) electrons. The second kappa shape index (κ2) is 9.46. The van der Waals surface area contributed by atoms with E-state index in [1.807, 2.05) is 73.7 Å². The summed E-state index contributed by atoms with van der Waals surface area (Å²) >= 11 is 0. The first kappa shape index (κ1) is 19.3. The molecule has 28 heavy (non-hydrogen) atoms. The Kier molecular flexibility index (Phi) is 6.52. The highest BCUT2D eigenvalue weighted by Crippen LogP contribution is 2.30. The quantitative estimate of drug-likeness (QED) is 0.580. The first-order chi connectivity index (χ1) is 13.7. The molecule has 3 rings (SSSR count). The summed E-state index contributed by atoms with van der Waals surface area (Å²) in [6.07, 6.45) is -0.652. The average Bonchev–Trinajstić information content (AvgIpc) is 2.72. The maximum Gasteiger partial charge on any atom is 0.265 e. The van der Waals surface area contributed by atoms with E-state index in [2.05, 4.69) is 5.32 Å². The van der Waals surface area contributed by atoms with E-state index >= 15 is 0 Å². The maximum atomic E-state index is 12.5. The molecule has 0 aromatic heterocycles. The first-order valence-electron chi connectivity index (χ1n) is 9.18. The molecule has 0 fully saturated rings. The van der Waals surface area contributed by atoms with Crippen LogP contribution in [0.4, 0.5) is 5.69 Å². The van der Waals surface area contributed by atoms with Crippen molar-refractivity contribution < 1.29 is 19.0 Å². The molecule has 5 heteroatoms. The number of rotatable bonds is 8. The van der Waals surface area contributed by atoms with Crippen molar-refractivity contribution in [3.05, 3.63) is 78.9 Å². The van der Waals surface area contributed by atoms with Gasteiger partial charge in [-0.25, -0.2) is 0 Å². The molecule has 0 saturated heterocycles. The number of hydrogen-bond acceptors (Lipinski definition) is 4. The number of carbonyl (C=O) groups excluding carboxylic acids is 1. The van der Waals surface area contributed by atoms with Crippen molar-refractivity contribution in [3.63, 3.8) is 0 Å². The third-order valence-electron chi connectivity index (χ3n) is 3.93. The topological polar surface area (TPSA) is 56.8 Å². The summed E-state index contributed by atoms with van der Waals surface area (Å²) in [5.41, 5.74) is 0.574. The minimum absolute atomic E-state index is 0.258. The lowest BCUT2D eigenvalue weighted by atomic mass is 10.2. The zero-order valence-electron chi connectivity index (χ0n) is 15.9. The van der Waals surface area contributed by atoms with Gasteiger partial charge in [-0.2, -0.15) is 0 Å². The van der Waals surface area contributed by atoms with Gasteiger partial charge in [0.05, 0.1) is 12.3 Å². The molecular formula is C23H23NO4.